The molecule has 0 fully saturated rings. The SMILES string of the molecule is S=c1[n-]nc(-c2ccc3ccccc3n2)n1-c1cccc(-c2ccccc2)c1.[Na+]. The van der Waals surface area contributed by atoms with E-state index in [1.165, 1.54) is 0 Å². The third kappa shape index (κ3) is 3.82. The van der Waals surface area contributed by atoms with E-state index in [9.17, 15) is 0 Å². The molecule has 3 aromatic carbocycles. The van der Waals surface area contributed by atoms with Crippen molar-refractivity contribution in [2.75, 3.05) is 0 Å². The minimum Gasteiger partial charge on any atom is -0.390 e. The van der Waals surface area contributed by atoms with Gasteiger partial charge < -0.3 is 9.67 Å². The van der Waals surface area contributed by atoms with Crippen LogP contribution in [-0.2, 0) is 0 Å². The van der Waals surface area contributed by atoms with E-state index < -0.39 is 0 Å². The van der Waals surface area contributed by atoms with Crippen molar-refractivity contribution in [2.24, 2.45) is 0 Å². The Morgan fingerprint density at radius 1 is 0.759 bits per heavy atom. The molecule has 6 heteroatoms. The molecule has 0 bridgehead atoms. The van der Waals surface area contributed by atoms with Crippen LogP contribution in [0.15, 0.2) is 91.0 Å². The summed E-state index contributed by atoms with van der Waals surface area (Å²) < 4.78 is 2.29. The first-order valence-electron chi connectivity index (χ1n) is 8.94. The predicted molar refractivity (Wildman–Crippen MR) is 114 cm³/mol. The van der Waals surface area contributed by atoms with Crippen molar-refractivity contribution in [3.8, 4) is 28.3 Å². The van der Waals surface area contributed by atoms with Crippen molar-refractivity contribution in [1.29, 1.82) is 0 Å². The molecule has 5 rings (SSSR count). The van der Waals surface area contributed by atoms with E-state index in [0.29, 0.717) is 10.6 Å². The van der Waals surface area contributed by atoms with Gasteiger partial charge in [-0.3, -0.25) is 5.10 Å². The summed E-state index contributed by atoms with van der Waals surface area (Å²) in [7, 11) is 0. The normalized spacial score (nSPS) is 10.6. The second-order valence-electron chi connectivity index (χ2n) is 6.45. The van der Waals surface area contributed by atoms with Gasteiger partial charge in [-0.15, -0.1) is 0 Å². The maximum Gasteiger partial charge on any atom is 1.00 e. The Morgan fingerprint density at radius 3 is 2.38 bits per heavy atom. The second-order valence-corrected chi connectivity index (χ2v) is 6.81. The topological polar surface area (TPSA) is 44.8 Å². The zero-order chi connectivity index (χ0) is 18.9. The van der Waals surface area contributed by atoms with Crippen LogP contribution in [0.25, 0.3) is 39.2 Å². The molecule has 0 saturated carbocycles. The minimum atomic E-state index is 0. The molecule has 0 aliphatic carbocycles. The van der Waals surface area contributed by atoms with Gasteiger partial charge >= 0.3 is 29.6 Å². The van der Waals surface area contributed by atoms with Gasteiger partial charge in [-0.05, 0) is 28.9 Å². The van der Waals surface area contributed by atoms with Crippen LogP contribution in [-0.4, -0.2) is 14.6 Å². The maximum absolute atomic E-state index is 5.47. The van der Waals surface area contributed by atoms with Crippen LogP contribution in [0.3, 0.4) is 0 Å². The first-order chi connectivity index (χ1) is 13.8. The van der Waals surface area contributed by atoms with E-state index in [0.717, 1.165) is 33.4 Å². The third-order valence-electron chi connectivity index (χ3n) is 4.67. The summed E-state index contributed by atoms with van der Waals surface area (Å²) in [6, 6.07) is 30.5. The van der Waals surface area contributed by atoms with Crippen LogP contribution in [0.5, 0.6) is 0 Å². The summed E-state index contributed by atoms with van der Waals surface area (Å²) in [4.78, 5) is 4.76. The van der Waals surface area contributed by atoms with Crippen molar-refractivity contribution in [2.45, 2.75) is 0 Å². The number of hydrogen-bond donors (Lipinski definition) is 0. The zero-order valence-corrected chi connectivity index (χ0v) is 18.7. The summed E-state index contributed by atoms with van der Waals surface area (Å²) in [5.74, 6) is 0.640. The Balaban J connectivity index is 0.00000205. The quantitative estimate of drug-likeness (QED) is 0.344. The first kappa shape index (κ1) is 19.7. The standard InChI is InChI=1S/C23H16N4S.Na/c28-23-26-25-22(21-14-13-17-9-4-5-12-20(17)24-21)27(23)19-11-6-10-18(15-19)16-7-2-1-3-8-16;/h1-15H,(H,24,26,28);/q;+1/p-1. The summed E-state index contributed by atoms with van der Waals surface area (Å²) in [6.45, 7) is 0. The molecule has 0 saturated heterocycles. The number of aromatic nitrogens is 4. The number of pyridine rings is 1. The van der Waals surface area contributed by atoms with Gasteiger partial charge in [0.2, 0.25) is 0 Å². The molecule has 0 N–H and O–H groups in total. The largest absolute Gasteiger partial charge is 1.00 e. The van der Waals surface area contributed by atoms with Crippen molar-refractivity contribution in [1.82, 2.24) is 19.7 Å². The average molecular weight is 402 g/mol. The number of rotatable bonds is 3. The van der Waals surface area contributed by atoms with Crippen molar-refractivity contribution in [3.05, 3.63) is 95.8 Å². The molecular weight excluding hydrogens is 387 g/mol. The summed E-state index contributed by atoms with van der Waals surface area (Å²) in [5.41, 5.74) is 4.83. The number of nitrogens with zero attached hydrogens (tertiary/aromatic N) is 4. The summed E-state index contributed by atoms with van der Waals surface area (Å²) in [5, 5.41) is 9.54. The van der Waals surface area contributed by atoms with Crippen LogP contribution in [0.4, 0.5) is 0 Å². The molecule has 4 nitrogen and oxygen atoms in total. The summed E-state index contributed by atoms with van der Waals surface area (Å²) in [6.07, 6.45) is 0. The molecule has 0 unspecified atom stereocenters. The van der Waals surface area contributed by atoms with E-state index in [1.54, 1.807) is 0 Å². The van der Waals surface area contributed by atoms with E-state index in [4.69, 9.17) is 17.2 Å². The molecule has 0 atom stereocenters. The molecule has 0 spiro atoms. The van der Waals surface area contributed by atoms with Gasteiger partial charge in [-0.25, -0.2) is 4.98 Å². The van der Waals surface area contributed by atoms with E-state index in [2.05, 4.69) is 34.5 Å². The first-order valence-corrected chi connectivity index (χ1v) is 9.35. The van der Waals surface area contributed by atoms with Crippen molar-refractivity contribution >= 4 is 23.1 Å². The molecule has 0 amide bonds. The van der Waals surface area contributed by atoms with Crippen molar-refractivity contribution in [3.63, 3.8) is 0 Å². The van der Waals surface area contributed by atoms with Gasteiger partial charge in [-0.1, -0.05) is 91.1 Å². The van der Waals surface area contributed by atoms with E-state index >= 15 is 0 Å². The fourth-order valence-electron chi connectivity index (χ4n) is 3.31. The predicted octanol–water partition coefficient (Wildman–Crippen LogP) is 2.45. The second kappa shape index (κ2) is 8.43. The molecule has 2 heterocycles. The van der Waals surface area contributed by atoms with Gasteiger partial charge in [0.25, 0.3) is 0 Å². The van der Waals surface area contributed by atoms with E-state index in [1.807, 2.05) is 71.3 Å². The van der Waals surface area contributed by atoms with Gasteiger partial charge in [0.15, 0.2) is 0 Å². The van der Waals surface area contributed by atoms with Gasteiger partial charge in [-0.2, -0.15) is 0 Å². The molecule has 29 heavy (non-hydrogen) atoms. The summed E-state index contributed by atoms with van der Waals surface area (Å²) >= 11 is 5.47. The van der Waals surface area contributed by atoms with Crippen LogP contribution in [0.2, 0.25) is 0 Å². The Bertz CT molecular complexity index is 1340. The number of fused-ring (bicyclic) bond motifs is 1. The Morgan fingerprint density at radius 2 is 1.52 bits per heavy atom. The fraction of sp³-hybridized carbons (Fsp3) is 0. The molecule has 0 radical (unpaired) electrons. The number of hydrogen-bond acceptors (Lipinski definition) is 3. The molecule has 0 aliphatic rings. The molecule has 5 aromatic rings. The minimum absolute atomic E-state index is 0. The Labute approximate surface area is 195 Å². The smallest absolute Gasteiger partial charge is 0.390 e. The molecule has 0 aliphatic heterocycles. The number of para-hydroxylation sites is 1. The molecule has 2 aromatic heterocycles. The monoisotopic (exact) mass is 402 g/mol. The van der Waals surface area contributed by atoms with Gasteiger partial charge in [0.05, 0.1) is 17.0 Å². The Kier molecular flexibility index (Phi) is 5.74. The van der Waals surface area contributed by atoms with Crippen LogP contribution >= 0.6 is 12.2 Å². The van der Waals surface area contributed by atoms with Crippen LogP contribution in [0.1, 0.15) is 0 Å². The maximum atomic E-state index is 5.47. The van der Waals surface area contributed by atoms with Crippen LogP contribution in [0, 0.1) is 4.77 Å². The van der Waals surface area contributed by atoms with Gasteiger partial charge in [0, 0.05) is 10.2 Å². The number of benzene rings is 3. The fourth-order valence-corrected chi connectivity index (χ4v) is 3.55. The molecule has 134 valence electrons. The van der Waals surface area contributed by atoms with Gasteiger partial charge in [0.1, 0.15) is 0 Å². The Hall–Kier alpha value is -2.57. The van der Waals surface area contributed by atoms with Crippen molar-refractivity contribution < 1.29 is 29.6 Å². The van der Waals surface area contributed by atoms with E-state index in [-0.39, 0.29) is 29.6 Å². The molecular formula is C23H15N4NaS. The zero-order valence-electron chi connectivity index (χ0n) is 15.9. The van der Waals surface area contributed by atoms with Crippen LogP contribution < -0.4 is 34.7 Å². The average Bonchev–Trinajstić information content (AvgIpc) is 3.15. The third-order valence-corrected chi connectivity index (χ3v) is 4.94.